The third-order valence-electron chi connectivity index (χ3n) is 8.71. The Labute approximate surface area is 265 Å². The first-order valence-electron chi connectivity index (χ1n) is 15.3. The maximum Gasteiger partial charge on any atom is 0.527 e. The Morgan fingerprint density at radius 1 is 0.702 bits per heavy atom. The molecule has 0 radical (unpaired) electrons. The van der Waals surface area contributed by atoms with Crippen molar-refractivity contribution in [1.29, 1.82) is 0 Å². The lowest BCUT2D eigenvalue weighted by molar-refractivity contribution is -0.432. The van der Waals surface area contributed by atoms with Crippen LogP contribution >= 0.6 is 0 Å². The fourth-order valence-corrected chi connectivity index (χ4v) is 6.32. The van der Waals surface area contributed by atoms with Gasteiger partial charge in [-0.25, -0.2) is 13.5 Å². The molecule has 0 bridgehead atoms. The average molecular weight is 677 g/mol. The number of ether oxygens (including phenoxy) is 4. The van der Waals surface area contributed by atoms with Crippen molar-refractivity contribution >= 4 is 0 Å². The molecule has 256 valence electrons. The number of rotatable bonds is 10. The number of alkyl halides is 7. The van der Waals surface area contributed by atoms with Crippen molar-refractivity contribution in [2.75, 3.05) is 13.2 Å². The van der Waals surface area contributed by atoms with E-state index in [1.807, 2.05) is 12.1 Å². The number of benzene rings is 3. The molecule has 4 nitrogen and oxygen atoms in total. The molecule has 1 aliphatic heterocycles. The van der Waals surface area contributed by atoms with Crippen LogP contribution in [0.25, 0.3) is 11.1 Å². The van der Waals surface area contributed by atoms with Gasteiger partial charge in [0.05, 0.1) is 18.8 Å². The maximum atomic E-state index is 14.8. The lowest BCUT2D eigenvalue weighted by Crippen LogP contribution is -2.34. The van der Waals surface area contributed by atoms with Crippen LogP contribution in [0.2, 0.25) is 0 Å². The lowest BCUT2D eigenvalue weighted by atomic mass is 9.75. The van der Waals surface area contributed by atoms with E-state index in [1.54, 1.807) is 12.1 Å². The molecule has 2 aliphatic rings. The minimum atomic E-state index is -5.94. The molecule has 0 amide bonds. The fraction of sp³-hybridized carbons (Fsp3) is 0.471. The van der Waals surface area contributed by atoms with Crippen molar-refractivity contribution in [2.24, 2.45) is 17.8 Å². The van der Waals surface area contributed by atoms with Gasteiger partial charge in [-0.1, -0.05) is 69.0 Å². The zero-order chi connectivity index (χ0) is 34.0. The highest BCUT2D eigenvalue weighted by atomic mass is 19.4. The zero-order valence-electron chi connectivity index (χ0n) is 25.3. The van der Waals surface area contributed by atoms with Gasteiger partial charge in [-0.3, -0.25) is 0 Å². The summed E-state index contributed by atoms with van der Waals surface area (Å²) in [6.45, 7) is 3.47. The van der Waals surface area contributed by atoms with E-state index in [-0.39, 0.29) is 12.1 Å². The van der Waals surface area contributed by atoms with Crippen LogP contribution in [0.3, 0.4) is 0 Å². The smallest absolute Gasteiger partial charge is 0.429 e. The van der Waals surface area contributed by atoms with E-state index in [4.69, 9.17) is 9.47 Å². The van der Waals surface area contributed by atoms with Crippen molar-refractivity contribution in [1.82, 2.24) is 0 Å². The van der Waals surface area contributed by atoms with Crippen molar-refractivity contribution in [3.63, 3.8) is 0 Å². The SMILES string of the molecule is CCCC1CCC(C2COC(c3ccc(-c4ccc(C(F)(F)Oc5cc(F)c(C(F)(F)OC(F)(F)F)c(F)c5)cc4)cc3)OC2)CC1. The monoisotopic (exact) mass is 676 g/mol. The second-order valence-electron chi connectivity index (χ2n) is 12.0. The molecule has 0 atom stereocenters. The van der Waals surface area contributed by atoms with Gasteiger partial charge in [0.15, 0.2) is 6.29 Å². The standard InChI is InChI=1S/C34H33F9O4/c1-2-3-20-4-6-23(7-5-20)25-18-44-31(45-19-25)24-10-8-21(9-11-24)22-12-14-26(15-13-22)32(37,38)46-27-16-28(35)30(29(36)17-27)33(39,40)47-34(41,42)43/h8-17,20,23,25,31H,2-7,18-19H2,1H3. The van der Waals surface area contributed by atoms with E-state index in [0.717, 1.165) is 23.6 Å². The van der Waals surface area contributed by atoms with Gasteiger partial charge in [0.2, 0.25) is 0 Å². The van der Waals surface area contributed by atoms with Gasteiger partial charge in [-0.2, -0.15) is 17.6 Å². The Morgan fingerprint density at radius 3 is 1.74 bits per heavy atom. The van der Waals surface area contributed by atoms with Crippen LogP contribution in [-0.4, -0.2) is 19.6 Å². The molecule has 0 N–H and O–H groups in total. The molecule has 3 aromatic carbocycles. The largest absolute Gasteiger partial charge is 0.527 e. The molecule has 0 aromatic heterocycles. The molecule has 0 spiro atoms. The van der Waals surface area contributed by atoms with E-state index < -0.39 is 53.4 Å². The summed E-state index contributed by atoms with van der Waals surface area (Å²) in [4.78, 5) is 0. The molecule has 0 unspecified atom stereocenters. The van der Waals surface area contributed by atoms with Crippen molar-refractivity contribution < 1.29 is 58.5 Å². The molecular weight excluding hydrogens is 643 g/mol. The van der Waals surface area contributed by atoms with E-state index >= 15 is 0 Å². The van der Waals surface area contributed by atoms with Gasteiger partial charge < -0.3 is 14.2 Å². The highest BCUT2D eigenvalue weighted by molar-refractivity contribution is 5.64. The van der Waals surface area contributed by atoms with Gasteiger partial charge in [-0.15, -0.1) is 13.2 Å². The first-order valence-corrected chi connectivity index (χ1v) is 15.3. The van der Waals surface area contributed by atoms with Gasteiger partial charge in [0, 0.05) is 23.6 Å². The van der Waals surface area contributed by atoms with Crippen molar-refractivity contribution in [3.05, 3.63) is 89.0 Å². The van der Waals surface area contributed by atoms with Crippen LogP contribution in [-0.2, 0) is 26.4 Å². The van der Waals surface area contributed by atoms with E-state index in [1.165, 1.54) is 50.7 Å². The molecule has 1 aliphatic carbocycles. The van der Waals surface area contributed by atoms with Gasteiger partial charge in [0.25, 0.3) is 0 Å². The van der Waals surface area contributed by atoms with Crippen molar-refractivity contribution in [3.8, 4) is 16.9 Å². The third kappa shape index (κ3) is 8.60. The summed E-state index contributed by atoms with van der Waals surface area (Å²) in [5.74, 6) is -4.00. The average Bonchev–Trinajstić information content (AvgIpc) is 3.00. The highest BCUT2D eigenvalue weighted by Gasteiger charge is 2.50. The molecule has 3 aromatic rings. The predicted molar refractivity (Wildman–Crippen MR) is 152 cm³/mol. The Kier molecular flexibility index (Phi) is 10.5. The quantitative estimate of drug-likeness (QED) is 0.200. The fourth-order valence-electron chi connectivity index (χ4n) is 6.32. The minimum Gasteiger partial charge on any atom is -0.429 e. The molecule has 5 rings (SSSR count). The number of hydrogen-bond acceptors (Lipinski definition) is 4. The summed E-state index contributed by atoms with van der Waals surface area (Å²) < 4.78 is 141. The Bertz CT molecular complexity index is 1450. The lowest BCUT2D eigenvalue weighted by Gasteiger charge is -2.37. The molecular formula is C34H33F9O4. The first-order chi connectivity index (χ1) is 22.1. The van der Waals surface area contributed by atoms with Crippen LogP contribution in [0.15, 0.2) is 60.7 Å². The predicted octanol–water partition coefficient (Wildman–Crippen LogP) is 10.6. The van der Waals surface area contributed by atoms with Gasteiger partial charge in [0.1, 0.15) is 22.9 Å². The summed E-state index contributed by atoms with van der Waals surface area (Å²) in [6.07, 6.45) is -8.67. The second-order valence-corrected chi connectivity index (χ2v) is 12.0. The molecule has 1 heterocycles. The summed E-state index contributed by atoms with van der Waals surface area (Å²) >= 11 is 0. The number of halogens is 9. The summed E-state index contributed by atoms with van der Waals surface area (Å²) in [7, 11) is 0. The van der Waals surface area contributed by atoms with Crippen molar-refractivity contribution in [2.45, 2.75) is 70.3 Å². The van der Waals surface area contributed by atoms with E-state index in [0.29, 0.717) is 36.2 Å². The molecule has 1 saturated carbocycles. The van der Waals surface area contributed by atoms with Gasteiger partial charge in [-0.05, 0) is 47.9 Å². The normalized spacial score (nSPS) is 22.7. The molecule has 47 heavy (non-hydrogen) atoms. The highest BCUT2D eigenvalue weighted by Crippen LogP contribution is 2.42. The zero-order valence-corrected chi connectivity index (χ0v) is 25.3. The molecule has 1 saturated heterocycles. The molecule has 13 heteroatoms. The second kappa shape index (κ2) is 14.1. The topological polar surface area (TPSA) is 36.9 Å². The maximum absolute atomic E-state index is 14.8. The van der Waals surface area contributed by atoms with E-state index in [9.17, 15) is 39.5 Å². The first kappa shape index (κ1) is 35.0. The Hall–Kier alpha value is -3.29. The number of hydrogen-bond donors (Lipinski definition) is 0. The van der Waals surface area contributed by atoms with Crippen LogP contribution in [0, 0.1) is 29.4 Å². The Balaban J connectivity index is 1.18. The summed E-state index contributed by atoms with van der Waals surface area (Å²) in [6, 6.07) is 11.7. The minimum absolute atomic E-state index is 0.0889. The van der Waals surface area contributed by atoms with Crippen LogP contribution in [0.4, 0.5) is 39.5 Å². The van der Waals surface area contributed by atoms with Crippen LogP contribution in [0.1, 0.15) is 68.4 Å². The Morgan fingerprint density at radius 2 is 1.23 bits per heavy atom. The van der Waals surface area contributed by atoms with E-state index in [2.05, 4.69) is 16.4 Å². The summed E-state index contributed by atoms with van der Waals surface area (Å²) in [5, 5.41) is 0. The molecule has 2 fully saturated rings. The third-order valence-corrected chi connectivity index (χ3v) is 8.71. The van der Waals surface area contributed by atoms with Crippen LogP contribution < -0.4 is 4.74 Å². The summed E-state index contributed by atoms with van der Waals surface area (Å²) in [5.41, 5.74) is -1.11. The van der Waals surface area contributed by atoms with Gasteiger partial charge >= 0.3 is 18.6 Å². The van der Waals surface area contributed by atoms with Crippen LogP contribution in [0.5, 0.6) is 5.75 Å².